The van der Waals surface area contributed by atoms with E-state index >= 15 is 0 Å². The van der Waals surface area contributed by atoms with Crippen LogP contribution in [0.1, 0.15) is 42.5 Å². The van der Waals surface area contributed by atoms with Gasteiger partial charge in [-0.2, -0.15) is 10.1 Å². The molecule has 1 aliphatic carbocycles. The van der Waals surface area contributed by atoms with E-state index in [1.165, 1.54) is 24.8 Å². The van der Waals surface area contributed by atoms with Crippen molar-refractivity contribution < 1.29 is 0 Å². The maximum Gasteiger partial charge on any atom is 0.221 e. The predicted molar refractivity (Wildman–Crippen MR) is 74.3 cm³/mol. The normalized spacial score (nSPS) is 22.4. The standard InChI is InChI=1S/C15H18N4/c1-2-5-11(6-3-1)13-9-16-15-17-14(12-7-4-8-12)18-19(15)10-13/h1-3,5-6,12-13H,4,7-10H2,(H,16,17,18). The highest BCUT2D eigenvalue weighted by atomic mass is 15.4. The second-order valence-electron chi connectivity index (χ2n) is 5.59. The van der Waals surface area contributed by atoms with E-state index in [0.717, 1.165) is 24.9 Å². The lowest BCUT2D eigenvalue weighted by molar-refractivity contribution is 0.396. The first-order chi connectivity index (χ1) is 9.40. The summed E-state index contributed by atoms with van der Waals surface area (Å²) in [7, 11) is 0. The third-order valence-corrected chi connectivity index (χ3v) is 4.33. The van der Waals surface area contributed by atoms with Crippen molar-refractivity contribution in [1.82, 2.24) is 14.8 Å². The molecule has 4 heteroatoms. The highest BCUT2D eigenvalue weighted by molar-refractivity contribution is 5.32. The van der Waals surface area contributed by atoms with Gasteiger partial charge in [-0.25, -0.2) is 4.68 Å². The van der Waals surface area contributed by atoms with Crippen LogP contribution in [-0.4, -0.2) is 21.3 Å². The van der Waals surface area contributed by atoms with Crippen LogP contribution in [0.4, 0.5) is 5.95 Å². The zero-order chi connectivity index (χ0) is 12.7. The van der Waals surface area contributed by atoms with E-state index in [1.807, 2.05) is 0 Å². The number of hydrogen-bond acceptors (Lipinski definition) is 3. The van der Waals surface area contributed by atoms with Crippen molar-refractivity contribution >= 4 is 5.95 Å². The molecular formula is C15H18N4. The van der Waals surface area contributed by atoms with Gasteiger partial charge in [0.05, 0.1) is 6.54 Å². The molecule has 1 fully saturated rings. The van der Waals surface area contributed by atoms with Crippen LogP contribution in [0.3, 0.4) is 0 Å². The van der Waals surface area contributed by atoms with Crippen molar-refractivity contribution in [3.05, 3.63) is 41.7 Å². The first-order valence-corrected chi connectivity index (χ1v) is 7.14. The van der Waals surface area contributed by atoms with E-state index in [-0.39, 0.29) is 0 Å². The first-order valence-electron chi connectivity index (χ1n) is 7.14. The van der Waals surface area contributed by atoms with E-state index in [0.29, 0.717) is 11.8 Å². The Kier molecular flexibility index (Phi) is 2.53. The fraction of sp³-hybridized carbons (Fsp3) is 0.467. The molecule has 1 N–H and O–H groups in total. The van der Waals surface area contributed by atoms with Crippen LogP contribution in [0.5, 0.6) is 0 Å². The SMILES string of the molecule is c1ccc(C2CNc3nc(C4CCC4)nn3C2)cc1. The van der Waals surface area contributed by atoms with E-state index < -0.39 is 0 Å². The van der Waals surface area contributed by atoms with Gasteiger partial charge in [0.2, 0.25) is 5.95 Å². The van der Waals surface area contributed by atoms with Crippen molar-refractivity contribution in [2.75, 3.05) is 11.9 Å². The summed E-state index contributed by atoms with van der Waals surface area (Å²) in [6.07, 6.45) is 3.84. The molecule has 2 aromatic rings. The quantitative estimate of drug-likeness (QED) is 0.896. The summed E-state index contributed by atoms with van der Waals surface area (Å²) in [4.78, 5) is 4.64. The lowest BCUT2D eigenvalue weighted by atomic mass is 9.85. The molecule has 1 aromatic heterocycles. The second kappa shape index (κ2) is 4.37. The Morgan fingerprint density at radius 1 is 1.11 bits per heavy atom. The minimum atomic E-state index is 0.490. The van der Waals surface area contributed by atoms with Gasteiger partial charge in [0.1, 0.15) is 0 Å². The summed E-state index contributed by atoms with van der Waals surface area (Å²) < 4.78 is 2.05. The Morgan fingerprint density at radius 2 is 1.95 bits per heavy atom. The molecule has 4 rings (SSSR count). The largest absolute Gasteiger partial charge is 0.354 e. The average molecular weight is 254 g/mol. The molecule has 1 unspecified atom stereocenters. The third-order valence-electron chi connectivity index (χ3n) is 4.33. The smallest absolute Gasteiger partial charge is 0.221 e. The number of rotatable bonds is 2. The number of anilines is 1. The number of fused-ring (bicyclic) bond motifs is 1. The molecule has 0 spiro atoms. The molecule has 2 heterocycles. The van der Waals surface area contributed by atoms with Gasteiger partial charge in [0, 0.05) is 18.4 Å². The number of nitrogens with zero attached hydrogens (tertiary/aromatic N) is 3. The molecule has 98 valence electrons. The summed E-state index contributed by atoms with van der Waals surface area (Å²) in [6, 6.07) is 10.7. The van der Waals surface area contributed by atoms with Crippen molar-refractivity contribution in [1.29, 1.82) is 0 Å². The van der Waals surface area contributed by atoms with Crippen LogP contribution in [0, 0.1) is 0 Å². The predicted octanol–water partition coefficient (Wildman–Crippen LogP) is 2.75. The highest BCUT2D eigenvalue weighted by Gasteiger charge is 2.28. The molecule has 2 aliphatic rings. The molecule has 1 saturated carbocycles. The van der Waals surface area contributed by atoms with Gasteiger partial charge in [0.25, 0.3) is 0 Å². The number of benzene rings is 1. The maximum absolute atomic E-state index is 4.69. The molecule has 19 heavy (non-hydrogen) atoms. The number of aromatic nitrogens is 3. The third kappa shape index (κ3) is 1.91. The molecule has 0 amide bonds. The Hall–Kier alpha value is -1.84. The molecule has 0 saturated heterocycles. The van der Waals surface area contributed by atoms with Crippen LogP contribution in [-0.2, 0) is 6.54 Å². The Balaban J connectivity index is 1.58. The summed E-state index contributed by atoms with van der Waals surface area (Å²) in [6.45, 7) is 1.89. The van der Waals surface area contributed by atoms with Crippen molar-refractivity contribution in [2.24, 2.45) is 0 Å². The molecule has 1 atom stereocenters. The Morgan fingerprint density at radius 3 is 2.68 bits per heavy atom. The highest BCUT2D eigenvalue weighted by Crippen LogP contribution is 2.35. The lowest BCUT2D eigenvalue weighted by Gasteiger charge is -2.24. The Labute approximate surface area is 112 Å². The monoisotopic (exact) mass is 254 g/mol. The van der Waals surface area contributed by atoms with E-state index in [2.05, 4.69) is 45.3 Å². The van der Waals surface area contributed by atoms with Gasteiger partial charge < -0.3 is 5.32 Å². The first kappa shape index (κ1) is 11.0. The van der Waals surface area contributed by atoms with Crippen LogP contribution < -0.4 is 5.32 Å². The van der Waals surface area contributed by atoms with Crippen LogP contribution >= 0.6 is 0 Å². The summed E-state index contributed by atoms with van der Waals surface area (Å²) in [5.41, 5.74) is 1.38. The summed E-state index contributed by atoms with van der Waals surface area (Å²) in [5, 5.41) is 8.12. The van der Waals surface area contributed by atoms with Gasteiger partial charge >= 0.3 is 0 Å². The minimum Gasteiger partial charge on any atom is -0.354 e. The van der Waals surface area contributed by atoms with Gasteiger partial charge in [-0.05, 0) is 18.4 Å². The lowest BCUT2D eigenvalue weighted by Crippen LogP contribution is -2.26. The fourth-order valence-electron chi connectivity index (χ4n) is 2.89. The Bertz CT molecular complexity index is 571. The molecule has 4 nitrogen and oxygen atoms in total. The summed E-state index contributed by atoms with van der Waals surface area (Å²) in [5.74, 6) is 3.09. The van der Waals surface area contributed by atoms with Gasteiger partial charge in [0.15, 0.2) is 5.82 Å². The average Bonchev–Trinajstić information content (AvgIpc) is 2.79. The minimum absolute atomic E-state index is 0.490. The van der Waals surface area contributed by atoms with Crippen molar-refractivity contribution in [3.63, 3.8) is 0 Å². The van der Waals surface area contributed by atoms with Crippen LogP contribution in [0.2, 0.25) is 0 Å². The maximum atomic E-state index is 4.69. The number of hydrogen-bond donors (Lipinski definition) is 1. The fourth-order valence-corrected chi connectivity index (χ4v) is 2.89. The molecule has 0 bridgehead atoms. The molecule has 1 aromatic carbocycles. The topological polar surface area (TPSA) is 42.7 Å². The van der Waals surface area contributed by atoms with E-state index in [1.54, 1.807) is 0 Å². The van der Waals surface area contributed by atoms with Gasteiger partial charge in [-0.15, -0.1) is 0 Å². The van der Waals surface area contributed by atoms with Crippen LogP contribution in [0.15, 0.2) is 30.3 Å². The van der Waals surface area contributed by atoms with Crippen molar-refractivity contribution in [3.8, 4) is 0 Å². The van der Waals surface area contributed by atoms with Gasteiger partial charge in [-0.1, -0.05) is 36.8 Å². The van der Waals surface area contributed by atoms with E-state index in [4.69, 9.17) is 5.10 Å². The zero-order valence-corrected chi connectivity index (χ0v) is 10.9. The van der Waals surface area contributed by atoms with E-state index in [9.17, 15) is 0 Å². The molecule has 1 aliphatic heterocycles. The number of nitrogens with one attached hydrogen (secondary N) is 1. The van der Waals surface area contributed by atoms with Crippen LogP contribution in [0.25, 0.3) is 0 Å². The van der Waals surface area contributed by atoms with Crippen molar-refractivity contribution in [2.45, 2.75) is 37.6 Å². The van der Waals surface area contributed by atoms with Gasteiger partial charge in [-0.3, -0.25) is 0 Å². The second-order valence-corrected chi connectivity index (χ2v) is 5.59. The molecular weight excluding hydrogens is 236 g/mol. The zero-order valence-electron chi connectivity index (χ0n) is 10.9. The summed E-state index contributed by atoms with van der Waals surface area (Å²) >= 11 is 0. The molecule has 0 radical (unpaired) electrons.